The minimum absolute atomic E-state index is 0.371. The van der Waals surface area contributed by atoms with Gasteiger partial charge in [0.2, 0.25) is 0 Å². The quantitative estimate of drug-likeness (QED) is 0.730. The molecule has 0 aliphatic carbocycles. The van der Waals surface area contributed by atoms with Crippen molar-refractivity contribution in [2.75, 3.05) is 27.3 Å². The molecule has 0 heterocycles. The SMILES string of the molecule is COCC(O)CN(C)Cc1ccc(CN)cc1. The largest absolute Gasteiger partial charge is 0.389 e. The Morgan fingerprint density at radius 2 is 1.88 bits per heavy atom. The van der Waals surface area contributed by atoms with Crippen molar-refractivity contribution in [1.82, 2.24) is 4.90 Å². The molecule has 0 saturated carbocycles. The van der Waals surface area contributed by atoms with Crippen molar-refractivity contribution in [3.8, 4) is 0 Å². The highest BCUT2D eigenvalue weighted by Gasteiger charge is 2.08. The molecule has 0 aromatic heterocycles. The van der Waals surface area contributed by atoms with Gasteiger partial charge in [0.25, 0.3) is 0 Å². The number of aliphatic hydroxyl groups is 1. The highest BCUT2D eigenvalue weighted by molar-refractivity contribution is 5.22. The topological polar surface area (TPSA) is 58.7 Å². The lowest BCUT2D eigenvalue weighted by molar-refractivity contribution is 0.0419. The van der Waals surface area contributed by atoms with Gasteiger partial charge in [-0.05, 0) is 18.2 Å². The minimum atomic E-state index is -0.437. The van der Waals surface area contributed by atoms with Crippen LogP contribution in [0.3, 0.4) is 0 Å². The Kier molecular flexibility index (Phi) is 6.15. The zero-order valence-electron chi connectivity index (χ0n) is 10.6. The summed E-state index contributed by atoms with van der Waals surface area (Å²) in [5, 5.41) is 9.60. The van der Waals surface area contributed by atoms with Crippen LogP contribution in [0.15, 0.2) is 24.3 Å². The molecule has 1 rings (SSSR count). The van der Waals surface area contributed by atoms with Gasteiger partial charge in [-0.3, -0.25) is 4.90 Å². The number of benzene rings is 1. The molecule has 96 valence electrons. The van der Waals surface area contributed by atoms with Crippen LogP contribution in [-0.4, -0.2) is 43.4 Å². The van der Waals surface area contributed by atoms with Crippen molar-refractivity contribution < 1.29 is 9.84 Å². The Bertz CT molecular complexity index is 314. The number of methoxy groups -OCH3 is 1. The van der Waals surface area contributed by atoms with E-state index >= 15 is 0 Å². The molecule has 17 heavy (non-hydrogen) atoms. The Labute approximate surface area is 103 Å². The molecule has 0 amide bonds. The lowest BCUT2D eigenvalue weighted by atomic mass is 10.1. The normalized spacial score (nSPS) is 13.0. The predicted molar refractivity (Wildman–Crippen MR) is 68.6 cm³/mol. The summed E-state index contributed by atoms with van der Waals surface area (Å²) in [6.45, 7) is 2.36. The summed E-state index contributed by atoms with van der Waals surface area (Å²) in [5.74, 6) is 0. The third kappa shape index (κ3) is 5.28. The van der Waals surface area contributed by atoms with Crippen LogP contribution in [0, 0.1) is 0 Å². The van der Waals surface area contributed by atoms with Crippen LogP contribution in [-0.2, 0) is 17.8 Å². The van der Waals surface area contributed by atoms with E-state index in [1.54, 1.807) is 7.11 Å². The molecule has 3 N–H and O–H groups in total. The molecule has 1 aromatic carbocycles. The van der Waals surface area contributed by atoms with Gasteiger partial charge in [0.05, 0.1) is 12.7 Å². The van der Waals surface area contributed by atoms with Gasteiger partial charge < -0.3 is 15.6 Å². The van der Waals surface area contributed by atoms with E-state index in [1.807, 2.05) is 19.2 Å². The summed E-state index contributed by atoms with van der Waals surface area (Å²) in [6, 6.07) is 8.21. The third-order valence-electron chi connectivity index (χ3n) is 2.59. The Hall–Kier alpha value is -0.940. The Morgan fingerprint density at radius 3 is 2.41 bits per heavy atom. The van der Waals surface area contributed by atoms with Crippen molar-refractivity contribution in [2.45, 2.75) is 19.2 Å². The number of nitrogens with two attached hydrogens (primary N) is 1. The van der Waals surface area contributed by atoms with Crippen LogP contribution in [0.2, 0.25) is 0 Å². The lowest BCUT2D eigenvalue weighted by Gasteiger charge is -2.20. The highest BCUT2D eigenvalue weighted by atomic mass is 16.5. The zero-order valence-corrected chi connectivity index (χ0v) is 10.6. The average Bonchev–Trinajstić information content (AvgIpc) is 2.30. The number of nitrogens with zero attached hydrogens (tertiary/aromatic N) is 1. The number of hydrogen-bond donors (Lipinski definition) is 2. The van der Waals surface area contributed by atoms with Gasteiger partial charge in [-0.25, -0.2) is 0 Å². The van der Waals surface area contributed by atoms with Crippen LogP contribution in [0.5, 0.6) is 0 Å². The lowest BCUT2D eigenvalue weighted by Crippen LogP contribution is -2.31. The first kappa shape index (κ1) is 14.1. The predicted octanol–water partition coefficient (Wildman–Crippen LogP) is 0.584. The number of ether oxygens (including phenoxy) is 1. The molecule has 1 atom stereocenters. The first-order valence-corrected chi connectivity index (χ1v) is 5.79. The van der Waals surface area contributed by atoms with Crippen molar-refractivity contribution >= 4 is 0 Å². The number of hydrogen-bond acceptors (Lipinski definition) is 4. The molecular formula is C13H22N2O2. The van der Waals surface area contributed by atoms with Gasteiger partial charge in [-0.2, -0.15) is 0 Å². The summed E-state index contributed by atoms with van der Waals surface area (Å²) >= 11 is 0. The molecular weight excluding hydrogens is 216 g/mol. The fraction of sp³-hybridized carbons (Fsp3) is 0.538. The standard InChI is InChI=1S/C13H22N2O2/c1-15(9-13(16)10-17-2)8-12-5-3-11(7-14)4-6-12/h3-6,13,16H,7-10,14H2,1-2H3. The highest BCUT2D eigenvalue weighted by Crippen LogP contribution is 2.06. The number of aliphatic hydroxyl groups excluding tert-OH is 1. The maximum absolute atomic E-state index is 9.60. The van der Waals surface area contributed by atoms with E-state index in [0.717, 1.165) is 12.1 Å². The Balaban J connectivity index is 2.41. The second-order valence-corrected chi connectivity index (χ2v) is 4.33. The van der Waals surface area contributed by atoms with Crippen molar-refractivity contribution in [3.05, 3.63) is 35.4 Å². The van der Waals surface area contributed by atoms with E-state index in [-0.39, 0.29) is 0 Å². The van der Waals surface area contributed by atoms with Crippen LogP contribution in [0.1, 0.15) is 11.1 Å². The van der Waals surface area contributed by atoms with E-state index in [2.05, 4.69) is 17.0 Å². The molecule has 4 heteroatoms. The minimum Gasteiger partial charge on any atom is -0.389 e. The van der Waals surface area contributed by atoms with Gasteiger partial charge in [-0.1, -0.05) is 24.3 Å². The third-order valence-corrected chi connectivity index (χ3v) is 2.59. The molecule has 0 bridgehead atoms. The maximum atomic E-state index is 9.60. The van der Waals surface area contributed by atoms with Gasteiger partial charge >= 0.3 is 0 Å². The molecule has 0 aliphatic rings. The van der Waals surface area contributed by atoms with Crippen molar-refractivity contribution in [3.63, 3.8) is 0 Å². The number of rotatable bonds is 7. The van der Waals surface area contributed by atoms with E-state index in [9.17, 15) is 5.11 Å². The number of likely N-dealkylation sites (N-methyl/N-ethyl adjacent to an activating group) is 1. The Morgan fingerprint density at radius 1 is 1.29 bits per heavy atom. The summed E-state index contributed by atoms with van der Waals surface area (Å²) in [4.78, 5) is 2.07. The van der Waals surface area contributed by atoms with Crippen LogP contribution in [0.4, 0.5) is 0 Å². The average molecular weight is 238 g/mol. The first-order valence-electron chi connectivity index (χ1n) is 5.79. The van der Waals surface area contributed by atoms with Gasteiger partial charge in [0.1, 0.15) is 0 Å². The van der Waals surface area contributed by atoms with Gasteiger partial charge in [0.15, 0.2) is 0 Å². The van der Waals surface area contributed by atoms with Crippen molar-refractivity contribution in [1.29, 1.82) is 0 Å². The molecule has 1 aromatic rings. The van der Waals surface area contributed by atoms with E-state index in [1.165, 1.54) is 5.56 Å². The van der Waals surface area contributed by atoms with Crippen LogP contribution in [0.25, 0.3) is 0 Å². The summed E-state index contributed by atoms with van der Waals surface area (Å²) in [7, 11) is 3.57. The zero-order chi connectivity index (χ0) is 12.7. The monoisotopic (exact) mass is 238 g/mol. The van der Waals surface area contributed by atoms with E-state index in [4.69, 9.17) is 10.5 Å². The summed E-state index contributed by atoms with van der Waals surface area (Å²) in [6.07, 6.45) is -0.437. The fourth-order valence-electron chi connectivity index (χ4n) is 1.76. The molecule has 0 radical (unpaired) electrons. The van der Waals surface area contributed by atoms with E-state index in [0.29, 0.717) is 19.7 Å². The molecule has 0 saturated heterocycles. The van der Waals surface area contributed by atoms with Crippen molar-refractivity contribution in [2.24, 2.45) is 5.73 Å². The molecule has 0 aliphatic heterocycles. The molecule has 0 fully saturated rings. The molecule has 0 spiro atoms. The molecule has 1 unspecified atom stereocenters. The smallest absolute Gasteiger partial charge is 0.0900 e. The maximum Gasteiger partial charge on any atom is 0.0900 e. The second-order valence-electron chi connectivity index (χ2n) is 4.33. The first-order chi connectivity index (χ1) is 8.15. The van der Waals surface area contributed by atoms with Crippen LogP contribution >= 0.6 is 0 Å². The second kappa shape index (κ2) is 7.40. The van der Waals surface area contributed by atoms with E-state index < -0.39 is 6.10 Å². The van der Waals surface area contributed by atoms with Gasteiger partial charge in [0, 0.05) is 26.7 Å². The fourth-order valence-corrected chi connectivity index (χ4v) is 1.76. The summed E-state index contributed by atoms with van der Waals surface area (Å²) < 4.78 is 4.89. The van der Waals surface area contributed by atoms with Gasteiger partial charge in [-0.15, -0.1) is 0 Å². The molecule has 4 nitrogen and oxygen atoms in total. The van der Waals surface area contributed by atoms with Crippen LogP contribution < -0.4 is 5.73 Å². The summed E-state index contributed by atoms with van der Waals surface area (Å²) in [5.41, 5.74) is 7.89.